The molecule has 110 valence electrons. The Labute approximate surface area is 138 Å². The summed E-state index contributed by atoms with van der Waals surface area (Å²) in [6.45, 7) is 1.90. The summed E-state index contributed by atoms with van der Waals surface area (Å²) >= 11 is 6.38. The van der Waals surface area contributed by atoms with Crippen LogP contribution in [0.2, 0.25) is 0 Å². The lowest BCUT2D eigenvalue weighted by Crippen LogP contribution is -2.09. The van der Waals surface area contributed by atoms with Crippen LogP contribution in [0.4, 0.5) is 10.1 Å². The van der Waals surface area contributed by atoms with Crippen molar-refractivity contribution in [1.82, 2.24) is 0 Å². The molecule has 2 N–H and O–H groups in total. The number of hydrogen-bond donors (Lipinski definition) is 2. The topological polar surface area (TPSA) is 49.3 Å². The number of halogens is 3. The van der Waals surface area contributed by atoms with Crippen molar-refractivity contribution in [2.24, 2.45) is 0 Å². The maximum absolute atomic E-state index is 14.2. The van der Waals surface area contributed by atoms with E-state index in [9.17, 15) is 9.18 Å². The number of aromatic carboxylic acids is 1. The number of nitrogens with one attached hydrogen (secondary N) is 1. The van der Waals surface area contributed by atoms with Crippen molar-refractivity contribution in [1.29, 1.82) is 0 Å². The zero-order chi connectivity index (χ0) is 15.6. The highest BCUT2D eigenvalue weighted by molar-refractivity contribution is 9.10. The maximum atomic E-state index is 14.2. The van der Waals surface area contributed by atoms with Crippen molar-refractivity contribution in [3.63, 3.8) is 0 Å². The van der Waals surface area contributed by atoms with Gasteiger partial charge in [0.2, 0.25) is 0 Å². The predicted molar refractivity (Wildman–Crippen MR) is 87.2 cm³/mol. The summed E-state index contributed by atoms with van der Waals surface area (Å²) in [6.07, 6.45) is 0. The lowest BCUT2D eigenvalue weighted by Gasteiger charge is -2.17. The molecule has 2 aromatic carbocycles. The van der Waals surface area contributed by atoms with Gasteiger partial charge in [0, 0.05) is 10.5 Å². The fourth-order valence-corrected chi connectivity index (χ4v) is 2.85. The first-order valence-corrected chi connectivity index (χ1v) is 7.72. The van der Waals surface area contributed by atoms with Gasteiger partial charge in [-0.15, -0.1) is 0 Å². The van der Waals surface area contributed by atoms with E-state index in [1.807, 2.05) is 31.2 Å². The van der Waals surface area contributed by atoms with E-state index in [0.29, 0.717) is 0 Å². The van der Waals surface area contributed by atoms with Gasteiger partial charge in [0.05, 0.1) is 15.7 Å². The van der Waals surface area contributed by atoms with E-state index in [2.05, 4.69) is 37.2 Å². The number of carbonyl (C=O) groups is 1. The van der Waals surface area contributed by atoms with Crippen molar-refractivity contribution in [3.05, 3.63) is 62.3 Å². The standard InChI is InChI=1S/C15H12Br2FNO2/c1-8(9-3-2-4-10(16)7-9)19-12-6-5-11(15(20)21)13(17)14(12)18/h2-8,19H,1H3,(H,20,21). The number of rotatable bonds is 4. The molecule has 0 bridgehead atoms. The van der Waals surface area contributed by atoms with Crippen LogP contribution in [-0.2, 0) is 0 Å². The van der Waals surface area contributed by atoms with Crippen molar-refractivity contribution in [2.75, 3.05) is 5.32 Å². The molecule has 1 atom stereocenters. The Morgan fingerprint density at radius 1 is 1.29 bits per heavy atom. The average molecular weight is 417 g/mol. The molecule has 0 aliphatic carbocycles. The highest BCUT2D eigenvalue weighted by atomic mass is 79.9. The highest BCUT2D eigenvalue weighted by Crippen LogP contribution is 2.30. The molecule has 2 aromatic rings. The van der Waals surface area contributed by atoms with Gasteiger partial charge >= 0.3 is 5.97 Å². The quantitative estimate of drug-likeness (QED) is 0.718. The molecule has 1 unspecified atom stereocenters. The van der Waals surface area contributed by atoms with E-state index >= 15 is 0 Å². The number of benzene rings is 2. The molecule has 0 saturated heterocycles. The summed E-state index contributed by atoms with van der Waals surface area (Å²) in [6, 6.07) is 10.4. The van der Waals surface area contributed by atoms with Crippen molar-refractivity contribution in [2.45, 2.75) is 13.0 Å². The fourth-order valence-electron chi connectivity index (χ4n) is 1.92. The van der Waals surface area contributed by atoms with Crippen LogP contribution in [0.3, 0.4) is 0 Å². The van der Waals surface area contributed by atoms with E-state index in [1.54, 1.807) is 0 Å². The van der Waals surface area contributed by atoms with Crippen LogP contribution in [0.25, 0.3) is 0 Å². The van der Waals surface area contributed by atoms with Crippen LogP contribution in [-0.4, -0.2) is 11.1 Å². The SMILES string of the molecule is CC(Nc1ccc(C(=O)O)c(Br)c1F)c1cccc(Br)c1. The van der Waals surface area contributed by atoms with Gasteiger partial charge in [0.1, 0.15) is 0 Å². The van der Waals surface area contributed by atoms with Gasteiger partial charge in [-0.1, -0.05) is 28.1 Å². The summed E-state index contributed by atoms with van der Waals surface area (Å²) in [5, 5.41) is 12.0. The molecular weight excluding hydrogens is 405 g/mol. The van der Waals surface area contributed by atoms with Gasteiger partial charge in [0.25, 0.3) is 0 Å². The summed E-state index contributed by atoms with van der Waals surface area (Å²) in [5.41, 5.74) is 1.13. The van der Waals surface area contributed by atoms with Crippen LogP contribution < -0.4 is 5.32 Å². The number of anilines is 1. The van der Waals surface area contributed by atoms with E-state index in [4.69, 9.17) is 5.11 Å². The first-order chi connectivity index (χ1) is 9.90. The second-order valence-electron chi connectivity index (χ2n) is 4.51. The smallest absolute Gasteiger partial charge is 0.336 e. The molecule has 6 heteroatoms. The second-order valence-corrected chi connectivity index (χ2v) is 6.22. The van der Waals surface area contributed by atoms with Crippen LogP contribution in [0.1, 0.15) is 28.9 Å². The molecule has 0 aliphatic heterocycles. The molecule has 0 aromatic heterocycles. The summed E-state index contributed by atoms with van der Waals surface area (Å²) in [7, 11) is 0. The number of carboxylic acid groups (broad SMARTS) is 1. The van der Waals surface area contributed by atoms with E-state index in [-0.39, 0.29) is 21.8 Å². The first kappa shape index (κ1) is 16.0. The molecular formula is C15H12Br2FNO2. The van der Waals surface area contributed by atoms with Gasteiger partial charge in [-0.3, -0.25) is 0 Å². The van der Waals surface area contributed by atoms with Gasteiger partial charge in [0.15, 0.2) is 5.82 Å². The van der Waals surface area contributed by atoms with Crippen LogP contribution >= 0.6 is 31.9 Å². The van der Waals surface area contributed by atoms with Crippen molar-refractivity contribution >= 4 is 43.5 Å². The number of hydrogen-bond acceptors (Lipinski definition) is 2. The van der Waals surface area contributed by atoms with Crippen LogP contribution in [0.15, 0.2) is 45.3 Å². The molecule has 0 spiro atoms. The average Bonchev–Trinajstić information content (AvgIpc) is 2.43. The summed E-state index contributed by atoms with van der Waals surface area (Å²) in [4.78, 5) is 10.9. The monoisotopic (exact) mass is 415 g/mol. The molecule has 0 aliphatic rings. The minimum absolute atomic E-state index is 0.0542. The first-order valence-electron chi connectivity index (χ1n) is 6.13. The van der Waals surface area contributed by atoms with E-state index in [1.165, 1.54) is 12.1 Å². The lowest BCUT2D eigenvalue weighted by molar-refractivity contribution is 0.0695. The van der Waals surface area contributed by atoms with E-state index in [0.717, 1.165) is 10.0 Å². The van der Waals surface area contributed by atoms with Crippen molar-refractivity contribution < 1.29 is 14.3 Å². The Bertz CT molecular complexity index is 691. The summed E-state index contributed by atoms with van der Waals surface area (Å²) in [5.74, 6) is -1.79. The Hall–Kier alpha value is -1.40. The third kappa shape index (κ3) is 3.63. The van der Waals surface area contributed by atoms with E-state index < -0.39 is 11.8 Å². The van der Waals surface area contributed by atoms with Crippen LogP contribution in [0, 0.1) is 5.82 Å². The third-order valence-corrected chi connectivity index (χ3v) is 4.30. The van der Waals surface area contributed by atoms with Crippen molar-refractivity contribution in [3.8, 4) is 0 Å². The fraction of sp³-hybridized carbons (Fsp3) is 0.133. The largest absolute Gasteiger partial charge is 0.478 e. The Kier molecular flexibility index (Phi) is 5.00. The Morgan fingerprint density at radius 3 is 2.62 bits per heavy atom. The lowest BCUT2D eigenvalue weighted by atomic mass is 10.1. The van der Waals surface area contributed by atoms with Gasteiger partial charge in [-0.25, -0.2) is 9.18 Å². The second kappa shape index (κ2) is 6.58. The minimum atomic E-state index is -1.17. The highest BCUT2D eigenvalue weighted by Gasteiger charge is 2.17. The van der Waals surface area contributed by atoms with Gasteiger partial charge < -0.3 is 10.4 Å². The predicted octanol–water partition coefficient (Wildman–Crippen LogP) is 5.22. The Balaban J connectivity index is 2.28. The third-order valence-electron chi connectivity index (χ3n) is 3.03. The van der Waals surface area contributed by atoms with Gasteiger partial charge in [-0.2, -0.15) is 0 Å². The molecule has 0 saturated carbocycles. The molecule has 0 amide bonds. The molecule has 21 heavy (non-hydrogen) atoms. The molecule has 2 rings (SSSR count). The number of carboxylic acids is 1. The normalized spacial score (nSPS) is 12.0. The Morgan fingerprint density at radius 2 is 2.00 bits per heavy atom. The zero-order valence-corrected chi connectivity index (χ0v) is 14.2. The molecule has 0 radical (unpaired) electrons. The molecule has 0 heterocycles. The zero-order valence-electron chi connectivity index (χ0n) is 11.0. The molecule has 0 fully saturated rings. The van der Waals surface area contributed by atoms with Gasteiger partial charge in [-0.05, 0) is 52.7 Å². The summed E-state index contributed by atoms with van der Waals surface area (Å²) < 4.78 is 15.1. The minimum Gasteiger partial charge on any atom is -0.478 e. The molecule has 3 nitrogen and oxygen atoms in total. The van der Waals surface area contributed by atoms with Crippen LogP contribution in [0.5, 0.6) is 0 Å². The maximum Gasteiger partial charge on any atom is 0.336 e.